The van der Waals surface area contributed by atoms with E-state index >= 15 is 0 Å². The molecular weight excluding hydrogens is 364 g/mol. The molecule has 3 aromatic rings. The molecule has 2 atom stereocenters. The third kappa shape index (κ3) is 2.90. The summed E-state index contributed by atoms with van der Waals surface area (Å²) in [6, 6.07) is 16.8. The molecule has 0 aliphatic carbocycles. The Balaban J connectivity index is 1.89. The highest BCUT2D eigenvalue weighted by Gasteiger charge is 2.41. The molecule has 5 heteroatoms. The van der Waals surface area contributed by atoms with Crippen LogP contribution in [0.3, 0.4) is 0 Å². The van der Waals surface area contributed by atoms with Gasteiger partial charge < -0.3 is 14.8 Å². The van der Waals surface area contributed by atoms with Crippen molar-refractivity contribution in [2.75, 3.05) is 6.54 Å². The van der Waals surface area contributed by atoms with Gasteiger partial charge in [0.25, 0.3) is 0 Å². The molecule has 1 N–H and O–H groups in total. The average molecular weight is 391 g/mol. The van der Waals surface area contributed by atoms with Crippen LogP contribution in [0.5, 0.6) is 0 Å². The molecule has 0 unspecified atom stereocenters. The number of likely N-dealkylation sites (N-methyl/N-ethyl adjacent to an activating group) is 1. The maximum absolute atomic E-state index is 5.69. The zero-order valence-electron chi connectivity index (χ0n) is 16.8. The molecule has 1 saturated heterocycles. The van der Waals surface area contributed by atoms with E-state index in [1.165, 1.54) is 28.2 Å². The number of rotatable bonds is 4. The van der Waals surface area contributed by atoms with Gasteiger partial charge in [0.2, 0.25) is 0 Å². The second-order valence-corrected chi connectivity index (χ2v) is 7.68. The van der Waals surface area contributed by atoms with E-state index in [4.69, 9.17) is 12.2 Å². The smallest absolute Gasteiger partial charge is 0.170 e. The Morgan fingerprint density at radius 3 is 2.36 bits per heavy atom. The summed E-state index contributed by atoms with van der Waals surface area (Å²) < 4.78 is 2.36. The van der Waals surface area contributed by atoms with Crippen LogP contribution in [0.25, 0.3) is 5.69 Å². The molecule has 144 valence electrons. The lowest BCUT2D eigenvalue weighted by Gasteiger charge is -2.27. The summed E-state index contributed by atoms with van der Waals surface area (Å²) in [6.45, 7) is 9.65. The van der Waals surface area contributed by atoms with Crippen molar-refractivity contribution >= 4 is 17.3 Å². The van der Waals surface area contributed by atoms with Gasteiger partial charge in [0.15, 0.2) is 5.11 Å². The van der Waals surface area contributed by atoms with Crippen molar-refractivity contribution in [2.24, 2.45) is 0 Å². The van der Waals surface area contributed by atoms with Crippen LogP contribution in [0.15, 0.2) is 54.7 Å². The Hall–Kier alpha value is -2.66. The summed E-state index contributed by atoms with van der Waals surface area (Å²) >= 11 is 5.69. The van der Waals surface area contributed by atoms with Crippen molar-refractivity contribution < 1.29 is 0 Å². The minimum Gasteiger partial charge on any atom is -0.352 e. The minimum absolute atomic E-state index is 0.0390. The summed E-state index contributed by atoms with van der Waals surface area (Å²) in [5, 5.41) is 4.33. The number of pyridine rings is 1. The molecule has 4 rings (SSSR count). The number of thiocarbonyl (C=S) groups is 1. The van der Waals surface area contributed by atoms with Crippen LogP contribution in [0, 0.1) is 20.8 Å². The maximum Gasteiger partial charge on any atom is 0.170 e. The number of nitrogens with zero attached hydrogens (tertiary/aromatic N) is 3. The van der Waals surface area contributed by atoms with Gasteiger partial charge in [-0.05, 0) is 69.7 Å². The molecule has 0 saturated carbocycles. The van der Waals surface area contributed by atoms with Crippen molar-refractivity contribution in [1.82, 2.24) is 19.8 Å². The van der Waals surface area contributed by atoms with Gasteiger partial charge in [0, 0.05) is 35.4 Å². The molecule has 3 heterocycles. The van der Waals surface area contributed by atoms with Crippen molar-refractivity contribution in [2.45, 2.75) is 39.8 Å². The first-order valence-electron chi connectivity index (χ1n) is 9.76. The Kier molecular flexibility index (Phi) is 4.94. The lowest BCUT2D eigenvalue weighted by atomic mass is 9.93. The van der Waals surface area contributed by atoms with E-state index in [0.717, 1.165) is 17.4 Å². The number of hydrogen-bond acceptors (Lipinski definition) is 2. The van der Waals surface area contributed by atoms with Gasteiger partial charge in [0.1, 0.15) is 0 Å². The number of para-hydroxylation sites is 1. The lowest BCUT2D eigenvalue weighted by molar-refractivity contribution is 0.328. The number of hydrogen-bond donors (Lipinski definition) is 1. The molecule has 28 heavy (non-hydrogen) atoms. The van der Waals surface area contributed by atoms with Gasteiger partial charge in [-0.1, -0.05) is 24.3 Å². The van der Waals surface area contributed by atoms with Crippen LogP contribution >= 0.6 is 12.2 Å². The highest BCUT2D eigenvalue weighted by Crippen LogP contribution is 2.43. The van der Waals surface area contributed by atoms with E-state index in [1.807, 2.05) is 18.3 Å². The standard InChI is InChI=1S/C23H26N4S/c1-5-26-22(21(25-23(26)28)19-13-9-10-14-24-19)20-15(2)16(3)27(17(20)4)18-11-7-6-8-12-18/h6-14,21-22H,5H2,1-4H3,(H,25,28)/t21-,22-/m0/s1. The summed E-state index contributed by atoms with van der Waals surface area (Å²) in [5.41, 5.74) is 7.40. The highest BCUT2D eigenvalue weighted by molar-refractivity contribution is 7.80. The quantitative estimate of drug-likeness (QED) is 0.650. The Morgan fingerprint density at radius 1 is 1.00 bits per heavy atom. The van der Waals surface area contributed by atoms with Crippen molar-refractivity contribution in [1.29, 1.82) is 0 Å². The molecule has 0 bridgehead atoms. The normalized spacial score (nSPS) is 19.1. The van der Waals surface area contributed by atoms with Gasteiger partial charge in [-0.3, -0.25) is 4.98 Å². The van der Waals surface area contributed by atoms with E-state index < -0.39 is 0 Å². The topological polar surface area (TPSA) is 33.1 Å². The second kappa shape index (κ2) is 7.40. The summed E-state index contributed by atoms with van der Waals surface area (Å²) in [4.78, 5) is 6.92. The van der Waals surface area contributed by atoms with E-state index in [0.29, 0.717) is 0 Å². The largest absolute Gasteiger partial charge is 0.352 e. The van der Waals surface area contributed by atoms with Gasteiger partial charge in [-0.2, -0.15) is 0 Å². The zero-order chi connectivity index (χ0) is 19.8. The predicted octanol–water partition coefficient (Wildman–Crippen LogP) is 4.79. The maximum atomic E-state index is 5.69. The molecule has 0 radical (unpaired) electrons. The summed E-state index contributed by atoms with van der Waals surface area (Å²) in [7, 11) is 0. The van der Waals surface area contributed by atoms with Gasteiger partial charge in [-0.15, -0.1) is 0 Å². The van der Waals surface area contributed by atoms with Gasteiger partial charge in [-0.25, -0.2) is 0 Å². The molecule has 0 amide bonds. The molecule has 1 aliphatic heterocycles. The van der Waals surface area contributed by atoms with Crippen molar-refractivity contribution in [3.8, 4) is 5.69 Å². The van der Waals surface area contributed by atoms with E-state index in [9.17, 15) is 0 Å². The first-order chi connectivity index (χ1) is 13.5. The number of aromatic nitrogens is 2. The fourth-order valence-electron chi connectivity index (χ4n) is 4.47. The lowest BCUT2D eigenvalue weighted by Crippen LogP contribution is -2.29. The summed E-state index contributed by atoms with van der Waals surface area (Å²) in [6.07, 6.45) is 1.85. The molecule has 2 aromatic heterocycles. The second-order valence-electron chi connectivity index (χ2n) is 7.29. The van der Waals surface area contributed by atoms with E-state index in [1.54, 1.807) is 0 Å². The third-order valence-corrected chi connectivity index (χ3v) is 6.21. The number of benzene rings is 1. The van der Waals surface area contributed by atoms with Gasteiger partial charge in [0.05, 0.1) is 17.8 Å². The first-order valence-corrected chi connectivity index (χ1v) is 10.2. The third-order valence-electron chi connectivity index (χ3n) is 5.86. The van der Waals surface area contributed by atoms with Crippen LogP contribution in [0.4, 0.5) is 0 Å². The Bertz CT molecular complexity index is 994. The average Bonchev–Trinajstić information content (AvgIpc) is 3.16. The summed E-state index contributed by atoms with van der Waals surface area (Å²) in [5.74, 6) is 0. The molecule has 1 aromatic carbocycles. The zero-order valence-corrected chi connectivity index (χ0v) is 17.6. The van der Waals surface area contributed by atoms with Crippen molar-refractivity contribution in [3.63, 3.8) is 0 Å². The van der Waals surface area contributed by atoms with E-state index in [2.05, 4.69) is 83.9 Å². The van der Waals surface area contributed by atoms with Crippen LogP contribution in [0.1, 0.15) is 47.2 Å². The highest BCUT2D eigenvalue weighted by atomic mass is 32.1. The van der Waals surface area contributed by atoms with Crippen LogP contribution < -0.4 is 5.32 Å². The van der Waals surface area contributed by atoms with E-state index in [-0.39, 0.29) is 12.1 Å². The molecular formula is C23H26N4S. The molecule has 0 spiro atoms. The Labute approximate surface area is 172 Å². The predicted molar refractivity (Wildman–Crippen MR) is 118 cm³/mol. The van der Waals surface area contributed by atoms with Crippen LogP contribution in [0.2, 0.25) is 0 Å². The van der Waals surface area contributed by atoms with Crippen LogP contribution in [-0.4, -0.2) is 26.1 Å². The minimum atomic E-state index is 0.0390. The van der Waals surface area contributed by atoms with Crippen LogP contribution in [-0.2, 0) is 0 Å². The molecule has 4 nitrogen and oxygen atoms in total. The molecule has 1 aliphatic rings. The molecule has 1 fully saturated rings. The Morgan fingerprint density at radius 2 is 1.71 bits per heavy atom. The van der Waals surface area contributed by atoms with Gasteiger partial charge >= 0.3 is 0 Å². The first kappa shape index (κ1) is 18.7. The van der Waals surface area contributed by atoms with Crippen molar-refractivity contribution in [3.05, 3.63) is 82.9 Å². The number of nitrogens with one attached hydrogen (secondary N) is 1. The monoisotopic (exact) mass is 390 g/mol. The SMILES string of the molecule is CCN1C(=S)N[C@@H](c2ccccn2)[C@@H]1c1c(C)c(C)n(-c2ccccc2)c1C. The fourth-order valence-corrected chi connectivity index (χ4v) is 4.84. The fraction of sp³-hybridized carbons (Fsp3) is 0.304.